The van der Waals surface area contributed by atoms with E-state index < -0.39 is 5.97 Å². The molecule has 2 aliphatic heterocycles. The Morgan fingerprint density at radius 2 is 1.93 bits per heavy atom. The smallest absolute Gasteiger partial charge is 0.338 e. The summed E-state index contributed by atoms with van der Waals surface area (Å²) >= 11 is 0. The molecule has 1 unspecified atom stereocenters. The molecule has 1 atom stereocenters. The van der Waals surface area contributed by atoms with Gasteiger partial charge in [0.15, 0.2) is 18.1 Å². The fraction of sp³-hybridized carbons (Fsp3) is 0.333. The van der Waals surface area contributed by atoms with Crippen LogP contribution in [0.3, 0.4) is 0 Å². The van der Waals surface area contributed by atoms with Gasteiger partial charge in [-0.15, -0.1) is 0 Å². The fourth-order valence-corrected chi connectivity index (χ4v) is 3.44. The molecule has 0 aromatic heterocycles. The monoisotopic (exact) mass is 382 g/mol. The van der Waals surface area contributed by atoms with Gasteiger partial charge in [-0.3, -0.25) is 9.69 Å². The SMILES string of the molecule is O=C(COC(=O)c1ccc2c(c1)OCO2)NC1CCN(Cc2ccccc2)C1. The summed E-state index contributed by atoms with van der Waals surface area (Å²) in [5, 5.41) is 2.94. The maximum absolute atomic E-state index is 12.1. The summed E-state index contributed by atoms with van der Waals surface area (Å²) < 4.78 is 15.6. The number of amides is 1. The third-order valence-electron chi connectivity index (χ3n) is 4.83. The van der Waals surface area contributed by atoms with Crippen LogP contribution in [-0.2, 0) is 16.1 Å². The van der Waals surface area contributed by atoms with Gasteiger partial charge in [0.1, 0.15) is 0 Å². The molecule has 0 saturated carbocycles. The van der Waals surface area contributed by atoms with E-state index in [0.29, 0.717) is 17.1 Å². The van der Waals surface area contributed by atoms with Crippen LogP contribution in [0.1, 0.15) is 22.3 Å². The Balaban J connectivity index is 1.21. The van der Waals surface area contributed by atoms with Crippen molar-refractivity contribution in [2.24, 2.45) is 0 Å². The van der Waals surface area contributed by atoms with Gasteiger partial charge in [0.05, 0.1) is 5.56 Å². The molecule has 0 radical (unpaired) electrons. The first kappa shape index (κ1) is 18.3. The Labute approximate surface area is 163 Å². The van der Waals surface area contributed by atoms with Crippen molar-refractivity contribution in [2.45, 2.75) is 19.0 Å². The van der Waals surface area contributed by atoms with Gasteiger partial charge in [0, 0.05) is 25.7 Å². The molecule has 146 valence electrons. The number of hydrogen-bond acceptors (Lipinski definition) is 6. The number of nitrogens with one attached hydrogen (secondary N) is 1. The average Bonchev–Trinajstić information content (AvgIpc) is 3.35. The Bertz CT molecular complexity index is 855. The quantitative estimate of drug-likeness (QED) is 0.770. The van der Waals surface area contributed by atoms with E-state index in [1.165, 1.54) is 5.56 Å². The third-order valence-corrected chi connectivity index (χ3v) is 4.83. The second-order valence-electron chi connectivity index (χ2n) is 6.92. The highest BCUT2D eigenvalue weighted by Crippen LogP contribution is 2.32. The van der Waals surface area contributed by atoms with Crippen molar-refractivity contribution in [1.29, 1.82) is 0 Å². The second kappa shape index (κ2) is 8.31. The highest BCUT2D eigenvalue weighted by atomic mass is 16.7. The summed E-state index contributed by atoms with van der Waals surface area (Å²) in [5.74, 6) is 0.241. The largest absolute Gasteiger partial charge is 0.454 e. The third kappa shape index (κ3) is 4.43. The molecule has 1 N–H and O–H groups in total. The van der Waals surface area contributed by atoms with Crippen molar-refractivity contribution >= 4 is 11.9 Å². The van der Waals surface area contributed by atoms with Crippen LogP contribution in [0.25, 0.3) is 0 Å². The Morgan fingerprint density at radius 1 is 1.11 bits per heavy atom. The number of ether oxygens (including phenoxy) is 3. The molecule has 1 fully saturated rings. The topological polar surface area (TPSA) is 77.1 Å². The lowest BCUT2D eigenvalue weighted by molar-refractivity contribution is -0.124. The molecular weight excluding hydrogens is 360 g/mol. The van der Waals surface area contributed by atoms with Gasteiger partial charge >= 0.3 is 5.97 Å². The molecule has 2 aromatic rings. The van der Waals surface area contributed by atoms with E-state index in [2.05, 4.69) is 22.3 Å². The number of rotatable bonds is 6. The van der Waals surface area contributed by atoms with Gasteiger partial charge in [0.2, 0.25) is 6.79 Å². The van der Waals surface area contributed by atoms with Gasteiger partial charge in [-0.05, 0) is 30.2 Å². The number of benzene rings is 2. The summed E-state index contributed by atoms with van der Waals surface area (Å²) in [5.41, 5.74) is 1.58. The zero-order valence-electron chi connectivity index (χ0n) is 15.4. The van der Waals surface area contributed by atoms with Crippen molar-refractivity contribution in [3.05, 3.63) is 59.7 Å². The minimum absolute atomic E-state index is 0.0699. The van der Waals surface area contributed by atoms with Gasteiger partial charge in [-0.1, -0.05) is 30.3 Å². The molecule has 7 nitrogen and oxygen atoms in total. The van der Waals surface area contributed by atoms with Gasteiger partial charge in [-0.2, -0.15) is 0 Å². The lowest BCUT2D eigenvalue weighted by Crippen LogP contribution is -2.39. The van der Waals surface area contributed by atoms with Crippen LogP contribution < -0.4 is 14.8 Å². The van der Waals surface area contributed by atoms with Crippen LogP contribution in [0, 0.1) is 0 Å². The lowest BCUT2D eigenvalue weighted by atomic mass is 10.2. The predicted octanol–water partition coefficient (Wildman–Crippen LogP) is 1.96. The first-order chi connectivity index (χ1) is 13.7. The second-order valence-corrected chi connectivity index (χ2v) is 6.92. The Kier molecular flexibility index (Phi) is 5.43. The molecule has 7 heteroatoms. The van der Waals surface area contributed by atoms with Crippen LogP contribution in [0.5, 0.6) is 11.5 Å². The standard InChI is InChI=1S/C21H22N2O5/c24-20(13-26-21(25)16-6-7-18-19(10-16)28-14-27-18)22-17-8-9-23(12-17)11-15-4-2-1-3-5-15/h1-7,10,17H,8-9,11-14H2,(H,22,24). The summed E-state index contributed by atoms with van der Waals surface area (Å²) in [6, 6.07) is 15.1. The number of fused-ring (bicyclic) bond motifs is 1. The molecule has 0 spiro atoms. The van der Waals surface area contributed by atoms with E-state index in [0.717, 1.165) is 26.1 Å². The summed E-state index contributed by atoms with van der Waals surface area (Å²) in [4.78, 5) is 26.6. The molecule has 2 aliphatic rings. The van der Waals surface area contributed by atoms with Gasteiger partial charge in [0.25, 0.3) is 5.91 Å². The minimum atomic E-state index is -0.564. The fourth-order valence-electron chi connectivity index (χ4n) is 3.44. The highest BCUT2D eigenvalue weighted by molar-refractivity contribution is 5.92. The zero-order valence-corrected chi connectivity index (χ0v) is 15.4. The molecule has 1 saturated heterocycles. The molecule has 2 aromatic carbocycles. The van der Waals surface area contributed by atoms with E-state index in [9.17, 15) is 9.59 Å². The zero-order chi connectivity index (χ0) is 19.3. The van der Waals surface area contributed by atoms with Gasteiger partial charge < -0.3 is 19.5 Å². The molecule has 0 bridgehead atoms. The van der Waals surface area contributed by atoms with Crippen LogP contribution >= 0.6 is 0 Å². The van der Waals surface area contributed by atoms with Crippen LogP contribution in [0.4, 0.5) is 0 Å². The summed E-state index contributed by atoms with van der Waals surface area (Å²) in [6.45, 7) is 2.42. The number of carbonyl (C=O) groups excluding carboxylic acids is 2. The Morgan fingerprint density at radius 3 is 2.79 bits per heavy atom. The average molecular weight is 382 g/mol. The Hall–Kier alpha value is -3.06. The molecule has 28 heavy (non-hydrogen) atoms. The molecule has 1 amide bonds. The van der Waals surface area contributed by atoms with Crippen LogP contribution in [0.2, 0.25) is 0 Å². The first-order valence-electron chi connectivity index (χ1n) is 9.30. The van der Waals surface area contributed by atoms with Crippen LogP contribution in [-0.4, -0.2) is 49.3 Å². The van der Waals surface area contributed by atoms with Crippen molar-refractivity contribution in [2.75, 3.05) is 26.5 Å². The number of hydrogen-bond donors (Lipinski definition) is 1. The van der Waals surface area contributed by atoms with Crippen LogP contribution in [0.15, 0.2) is 48.5 Å². The molecule has 0 aliphatic carbocycles. The lowest BCUT2D eigenvalue weighted by Gasteiger charge is -2.16. The van der Waals surface area contributed by atoms with E-state index in [-0.39, 0.29) is 25.3 Å². The maximum atomic E-state index is 12.1. The minimum Gasteiger partial charge on any atom is -0.454 e. The first-order valence-corrected chi connectivity index (χ1v) is 9.30. The normalized spacial score (nSPS) is 18.1. The van der Waals surface area contributed by atoms with Crippen molar-refractivity contribution in [1.82, 2.24) is 10.2 Å². The van der Waals surface area contributed by atoms with E-state index in [1.54, 1.807) is 18.2 Å². The van der Waals surface area contributed by atoms with Gasteiger partial charge in [-0.25, -0.2) is 4.79 Å². The molecular formula is C21H22N2O5. The molecule has 2 heterocycles. The van der Waals surface area contributed by atoms with E-state index in [4.69, 9.17) is 14.2 Å². The molecule has 4 rings (SSSR count). The number of carbonyl (C=O) groups is 2. The highest BCUT2D eigenvalue weighted by Gasteiger charge is 2.24. The number of likely N-dealkylation sites (tertiary alicyclic amines) is 1. The summed E-state index contributed by atoms with van der Waals surface area (Å²) in [7, 11) is 0. The predicted molar refractivity (Wildman–Crippen MR) is 101 cm³/mol. The van der Waals surface area contributed by atoms with E-state index >= 15 is 0 Å². The number of nitrogens with zero attached hydrogens (tertiary/aromatic N) is 1. The van der Waals surface area contributed by atoms with E-state index in [1.807, 2.05) is 18.2 Å². The maximum Gasteiger partial charge on any atom is 0.338 e. The number of esters is 1. The van der Waals surface area contributed by atoms with Crippen molar-refractivity contribution in [3.63, 3.8) is 0 Å². The van der Waals surface area contributed by atoms with Crippen molar-refractivity contribution in [3.8, 4) is 11.5 Å². The summed E-state index contributed by atoms with van der Waals surface area (Å²) in [6.07, 6.45) is 0.884. The van der Waals surface area contributed by atoms with Crippen molar-refractivity contribution < 1.29 is 23.8 Å².